The van der Waals surface area contributed by atoms with Crippen molar-refractivity contribution in [3.63, 3.8) is 0 Å². The number of likely N-dealkylation sites (tertiary alicyclic amines) is 2. The Hall–Kier alpha value is -4.51. The van der Waals surface area contributed by atoms with Gasteiger partial charge in [0.1, 0.15) is 24.0 Å². The Morgan fingerprint density at radius 2 is 1.90 bits per heavy atom. The van der Waals surface area contributed by atoms with E-state index in [1.165, 1.54) is 6.07 Å². The highest BCUT2D eigenvalue weighted by Crippen LogP contribution is 2.44. The first-order chi connectivity index (χ1) is 23.3. The van der Waals surface area contributed by atoms with Crippen LogP contribution in [0.5, 0.6) is 11.8 Å². The van der Waals surface area contributed by atoms with Crippen molar-refractivity contribution in [2.24, 2.45) is 10.9 Å². The molecule has 1 aromatic carbocycles. The number of piperidine rings is 1. The molecule has 1 amide bonds. The van der Waals surface area contributed by atoms with Crippen LogP contribution in [0.3, 0.4) is 0 Å². The Morgan fingerprint density at radius 1 is 1.18 bits per heavy atom. The number of hydrogen-bond donors (Lipinski definition) is 1. The molecule has 3 heterocycles. The van der Waals surface area contributed by atoms with Gasteiger partial charge in [0.15, 0.2) is 0 Å². The molecule has 49 heavy (non-hydrogen) atoms. The minimum absolute atomic E-state index is 0.0854. The summed E-state index contributed by atoms with van der Waals surface area (Å²) in [7, 11) is 1.84. The molecule has 2 aliphatic heterocycles. The van der Waals surface area contributed by atoms with Crippen LogP contribution in [0.1, 0.15) is 84.0 Å². The monoisotopic (exact) mass is 679 g/mol. The van der Waals surface area contributed by atoms with Crippen LogP contribution in [0.15, 0.2) is 41.6 Å². The molecule has 1 aromatic heterocycles. The van der Waals surface area contributed by atoms with E-state index in [-0.39, 0.29) is 35.9 Å². The van der Waals surface area contributed by atoms with Crippen molar-refractivity contribution in [3.05, 3.63) is 47.8 Å². The van der Waals surface area contributed by atoms with Gasteiger partial charge in [0.2, 0.25) is 23.4 Å². The van der Waals surface area contributed by atoms with Gasteiger partial charge in [-0.05, 0) is 59.6 Å². The quantitative estimate of drug-likeness (QED) is 0.161. The van der Waals surface area contributed by atoms with Crippen molar-refractivity contribution < 1.29 is 33.0 Å². The van der Waals surface area contributed by atoms with Crippen molar-refractivity contribution in [2.45, 2.75) is 114 Å². The molecule has 3 aliphatic rings. The number of carbonyl (C=O) groups is 2. The van der Waals surface area contributed by atoms with Crippen LogP contribution in [0.2, 0.25) is 0 Å². The van der Waals surface area contributed by atoms with E-state index in [0.717, 1.165) is 12.0 Å². The summed E-state index contributed by atoms with van der Waals surface area (Å²) in [5.41, 5.74) is 5.68. The molecule has 2 aromatic rings. The summed E-state index contributed by atoms with van der Waals surface area (Å²) in [5.74, 6) is -0.630. The minimum atomic E-state index is -0.957. The first-order valence-electron chi connectivity index (χ1n) is 16.8. The lowest BCUT2D eigenvalue weighted by molar-refractivity contribution is -0.154. The molecule has 264 valence electrons. The molecular weight excluding hydrogens is 633 g/mol. The molecule has 0 unspecified atom stereocenters. The predicted octanol–water partition coefficient (Wildman–Crippen LogP) is 4.63. The van der Waals surface area contributed by atoms with Crippen LogP contribution in [0.4, 0.5) is 9.18 Å². The summed E-state index contributed by atoms with van der Waals surface area (Å²) in [5, 5.41) is 13.4. The summed E-state index contributed by atoms with van der Waals surface area (Å²) in [6.45, 7) is 7.82. The number of halogens is 1. The van der Waals surface area contributed by atoms with Gasteiger partial charge < -0.3 is 29.7 Å². The smallest absolute Gasteiger partial charge is 0.410 e. The average Bonchev–Trinajstić information content (AvgIpc) is 3.36. The number of oxime groups is 1. The number of carbonyl (C=O) groups excluding carboxylic acids is 2. The van der Waals surface area contributed by atoms with Crippen LogP contribution in [-0.4, -0.2) is 93.9 Å². The minimum Gasteiger partial charge on any atom is -0.474 e. The van der Waals surface area contributed by atoms with E-state index in [1.54, 1.807) is 25.7 Å². The number of nitriles is 1. The highest BCUT2D eigenvalue weighted by atomic mass is 19.1. The topological polar surface area (TPSA) is 165 Å². The zero-order chi connectivity index (χ0) is 35.3. The Balaban J connectivity index is 1.36. The summed E-state index contributed by atoms with van der Waals surface area (Å²) >= 11 is 0. The van der Waals surface area contributed by atoms with Gasteiger partial charge in [0.25, 0.3) is 0 Å². The largest absolute Gasteiger partial charge is 0.474 e. The average molecular weight is 680 g/mol. The third-order valence-corrected chi connectivity index (χ3v) is 9.37. The van der Waals surface area contributed by atoms with Crippen LogP contribution < -0.4 is 15.2 Å². The molecule has 14 heteroatoms. The van der Waals surface area contributed by atoms with Crippen molar-refractivity contribution in [1.82, 2.24) is 19.8 Å². The first-order valence-corrected chi connectivity index (χ1v) is 16.8. The highest BCUT2D eigenvalue weighted by Gasteiger charge is 2.47. The first kappa shape index (κ1) is 35.8. The molecule has 2 saturated heterocycles. The molecule has 0 radical (unpaired) electrons. The summed E-state index contributed by atoms with van der Waals surface area (Å²) in [6, 6.07) is 12.5. The van der Waals surface area contributed by atoms with Gasteiger partial charge >= 0.3 is 12.1 Å². The molecule has 5 rings (SSSR count). The number of likely N-dealkylation sites (N-methyl/N-ethyl adjacent to an activating group) is 1. The number of aromatic nitrogens is 2. The van der Waals surface area contributed by atoms with E-state index in [0.29, 0.717) is 45.2 Å². The molecule has 1 aliphatic carbocycles. The number of hydrogen-bond acceptors (Lipinski definition) is 11. The maximum absolute atomic E-state index is 14.2. The molecule has 3 fully saturated rings. The highest BCUT2D eigenvalue weighted by molar-refractivity contribution is 5.94. The Labute approximate surface area is 286 Å². The fourth-order valence-corrected chi connectivity index (χ4v) is 6.69. The van der Waals surface area contributed by atoms with Crippen molar-refractivity contribution >= 4 is 17.9 Å². The van der Waals surface area contributed by atoms with Crippen LogP contribution >= 0.6 is 0 Å². The standard InChI is InChI=1S/C35H46FN7O6/c1-22(27-18-24(36)21-42(27)5)46-28-20-29(47-26-13-17-43(25(19-26)12-16-37)33(45)48-34(2,3)4)40-31(39-28)30(38)41-49-32(44)35(14-9-15-35)23-10-7-6-8-11-23/h6-8,10-11,20,22,24-27H,9,12-15,17-19,21H2,1-5H3,(H2,38,41)/t22-,24+,25+,26-,27-/m0/s1. The number of amidine groups is 1. The third-order valence-electron chi connectivity index (χ3n) is 9.37. The van der Waals surface area contributed by atoms with Gasteiger partial charge in [-0.3, -0.25) is 4.90 Å². The van der Waals surface area contributed by atoms with Gasteiger partial charge in [-0.1, -0.05) is 41.9 Å². The summed E-state index contributed by atoms with van der Waals surface area (Å²) in [6.07, 6.45) is 1.06. The van der Waals surface area contributed by atoms with E-state index in [4.69, 9.17) is 24.8 Å². The summed E-state index contributed by atoms with van der Waals surface area (Å²) in [4.78, 5) is 43.9. The van der Waals surface area contributed by atoms with E-state index in [1.807, 2.05) is 49.2 Å². The number of amides is 1. The zero-order valence-corrected chi connectivity index (χ0v) is 28.8. The Bertz CT molecular complexity index is 1560. The van der Waals surface area contributed by atoms with E-state index >= 15 is 0 Å². The molecule has 2 N–H and O–H groups in total. The second kappa shape index (κ2) is 14.9. The molecule has 1 saturated carbocycles. The Kier molecular flexibility index (Phi) is 10.9. The molecule has 0 spiro atoms. The van der Waals surface area contributed by atoms with Gasteiger partial charge in [-0.15, -0.1) is 0 Å². The SMILES string of the molecule is C[C@H](Oc1cc(O[C@H]2CCN(C(=O)OC(C)(C)C)[C@H](CC#N)C2)nc(C(N)=NOC(=O)C2(c3ccccc3)CCC2)n1)[C@@H]1C[C@@H](F)CN1C. The lowest BCUT2D eigenvalue weighted by Crippen LogP contribution is -2.50. The predicted molar refractivity (Wildman–Crippen MR) is 177 cm³/mol. The van der Waals surface area contributed by atoms with Crippen molar-refractivity contribution in [2.75, 3.05) is 20.1 Å². The lowest BCUT2D eigenvalue weighted by Gasteiger charge is -2.38. The van der Waals surface area contributed by atoms with Gasteiger partial charge in [-0.2, -0.15) is 15.2 Å². The molecule has 0 bridgehead atoms. The maximum atomic E-state index is 14.2. The van der Waals surface area contributed by atoms with Gasteiger partial charge in [0.05, 0.1) is 30.0 Å². The molecule has 5 atom stereocenters. The zero-order valence-electron chi connectivity index (χ0n) is 28.8. The Morgan fingerprint density at radius 3 is 2.51 bits per heavy atom. The molecular formula is C35H46FN7O6. The van der Waals surface area contributed by atoms with Gasteiger partial charge in [-0.25, -0.2) is 14.0 Å². The van der Waals surface area contributed by atoms with E-state index in [9.17, 15) is 19.2 Å². The van der Waals surface area contributed by atoms with Crippen molar-refractivity contribution in [1.29, 1.82) is 5.26 Å². The number of benzene rings is 1. The van der Waals surface area contributed by atoms with Gasteiger partial charge in [0, 0.05) is 32.0 Å². The molecule has 13 nitrogen and oxygen atoms in total. The number of nitrogens with two attached hydrogens (primary N) is 1. The number of rotatable bonds is 10. The van der Waals surface area contributed by atoms with Crippen molar-refractivity contribution in [3.8, 4) is 17.8 Å². The number of nitrogens with zero attached hydrogens (tertiary/aromatic N) is 6. The normalized spacial score (nSPS) is 24.7. The van der Waals surface area contributed by atoms with Crippen LogP contribution in [0, 0.1) is 11.3 Å². The second-order valence-corrected chi connectivity index (χ2v) is 14.1. The number of ether oxygens (including phenoxy) is 3. The van der Waals surface area contributed by atoms with E-state index < -0.39 is 47.5 Å². The van der Waals surface area contributed by atoms with Crippen LogP contribution in [-0.2, 0) is 19.8 Å². The van der Waals surface area contributed by atoms with E-state index in [2.05, 4.69) is 21.2 Å². The summed E-state index contributed by atoms with van der Waals surface area (Å²) < 4.78 is 32.2. The second-order valence-electron chi connectivity index (χ2n) is 14.1. The third kappa shape index (κ3) is 8.57. The fourth-order valence-electron chi connectivity index (χ4n) is 6.69. The fraction of sp³-hybridized carbons (Fsp3) is 0.600. The lowest BCUT2D eigenvalue weighted by atomic mass is 9.64. The van der Waals surface area contributed by atoms with Crippen LogP contribution in [0.25, 0.3) is 0 Å². The maximum Gasteiger partial charge on any atom is 0.410 e. The number of alkyl halides is 1.